The molecule has 5 nitrogen and oxygen atoms in total. The van der Waals surface area contributed by atoms with Gasteiger partial charge in [-0.15, -0.1) is 11.3 Å². The fourth-order valence-corrected chi connectivity index (χ4v) is 5.31. The number of hydrogen-bond acceptors (Lipinski definition) is 4. The van der Waals surface area contributed by atoms with Gasteiger partial charge in [0.2, 0.25) is 0 Å². The molecule has 1 N–H and O–H groups in total. The molecule has 2 aliphatic rings. The third-order valence-corrected chi connectivity index (χ3v) is 6.82. The van der Waals surface area contributed by atoms with Crippen LogP contribution in [0.25, 0.3) is 4.96 Å². The second-order valence-corrected chi connectivity index (χ2v) is 8.66. The minimum atomic E-state index is -0.302. The summed E-state index contributed by atoms with van der Waals surface area (Å²) >= 11 is 1.61. The van der Waals surface area contributed by atoms with Gasteiger partial charge >= 0.3 is 0 Å². The van der Waals surface area contributed by atoms with Crippen LogP contribution in [0.5, 0.6) is 0 Å². The fourth-order valence-electron chi connectivity index (χ4n) is 4.14. The smallest absolute Gasteiger partial charge is 0.271 e. The molecule has 1 amide bonds. The Morgan fingerprint density at radius 3 is 2.74 bits per heavy atom. The lowest BCUT2D eigenvalue weighted by Crippen LogP contribution is -2.32. The number of allylic oxidation sites excluding steroid dienone is 1. The van der Waals surface area contributed by atoms with Crippen molar-refractivity contribution in [1.82, 2.24) is 14.7 Å². The number of nitrogens with zero attached hydrogens (tertiary/aromatic N) is 2. The standard InChI is InChI=1S/C21H27N3O2S/c25-19(22-13-12-15-8-4-3-5-9-15)16-14-23-21-24(20(16)26)17-10-6-1-2-7-11-18(17)27-21/h8,14H,1-7,9-13H2,(H,22,25). The van der Waals surface area contributed by atoms with Crippen LogP contribution < -0.4 is 10.9 Å². The zero-order chi connectivity index (χ0) is 18.6. The van der Waals surface area contributed by atoms with Crippen LogP contribution in [0, 0.1) is 0 Å². The Bertz CT molecular complexity index is 925. The molecule has 0 saturated heterocycles. The van der Waals surface area contributed by atoms with Crippen LogP contribution in [0.4, 0.5) is 0 Å². The highest BCUT2D eigenvalue weighted by Crippen LogP contribution is 2.27. The third kappa shape index (κ3) is 4.00. The van der Waals surface area contributed by atoms with Crippen molar-refractivity contribution in [2.45, 2.75) is 70.6 Å². The van der Waals surface area contributed by atoms with E-state index < -0.39 is 0 Å². The van der Waals surface area contributed by atoms with Gasteiger partial charge in [0.25, 0.3) is 11.5 Å². The molecule has 0 radical (unpaired) electrons. The molecule has 27 heavy (non-hydrogen) atoms. The van der Waals surface area contributed by atoms with Crippen molar-refractivity contribution in [3.8, 4) is 0 Å². The predicted octanol–water partition coefficient (Wildman–Crippen LogP) is 4.04. The first-order valence-corrected chi connectivity index (χ1v) is 11.0. The van der Waals surface area contributed by atoms with Crippen molar-refractivity contribution in [1.29, 1.82) is 0 Å². The van der Waals surface area contributed by atoms with E-state index in [2.05, 4.69) is 16.4 Å². The number of hydrogen-bond donors (Lipinski definition) is 1. The first-order chi connectivity index (χ1) is 13.2. The molecule has 2 aliphatic carbocycles. The van der Waals surface area contributed by atoms with Crippen LogP contribution >= 0.6 is 11.3 Å². The van der Waals surface area contributed by atoms with Crippen molar-refractivity contribution in [3.63, 3.8) is 0 Å². The largest absolute Gasteiger partial charge is 0.351 e. The second-order valence-electron chi connectivity index (χ2n) is 7.60. The summed E-state index contributed by atoms with van der Waals surface area (Å²) in [6.07, 6.45) is 16.0. The molecule has 0 spiro atoms. The Labute approximate surface area is 163 Å². The van der Waals surface area contributed by atoms with E-state index in [1.54, 1.807) is 15.7 Å². The van der Waals surface area contributed by atoms with Gasteiger partial charge in [-0.3, -0.25) is 14.0 Å². The molecule has 2 heterocycles. The Hall–Kier alpha value is -1.95. The van der Waals surface area contributed by atoms with Crippen LogP contribution in [0.15, 0.2) is 22.6 Å². The van der Waals surface area contributed by atoms with Gasteiger partial charge in [0.15, 0.2) is 4.96 Å². The average molecular weight is 386 g/mol. The zero-order valence-corrected chi connectivity index (χ0v) is 16.6. The number of thiazole rings is 1. The Morgan fingerprint density at radius 1 is 1.11 bits per heavy atom. The summed E-state index contributed by atoms with van der Waals surface area (Å²) in [4.78, 5) is 32.0. The van der Waals surface area contributed by atoms with Gasteiger partial charge in [0.05, 0.1) is 0 Å². The zero-order valence-electron chi connectivity index (χ0n) is 15.8. The number of aromatic nitrogens is 2. The highest BCUT2D eigenvalue weighted by molar-refractivity contribution is 7.17. The number of aryl methyl sites for hydroxylation is 2. The van der Waals surface area contributed by atoms with Crippen molar-refractivity contribution < 1.29 is 4.79 Å². The maximum atomic E-state index is 13.0. The Balaban J connectivity index is 1.53. The van der Waals surface area contributed by atoms with Crippen molar-refractivity contribution >= 4 is 22.2 Å². The third-order valence-electron chi connectivity index (χ3n) is 5.66. The lowest BCUT2D eigenvalue weighted by Gasteiger charge is -2.13. The summed E-state index contributed by atoms with van der Waals surface area (Å²) in [5.41, 5.74) is 2.44. The van der Waals surface area contributed by atoms with E-state index in [-0.39, 0.29) is 17.0 Å². The van der Waals surface area contributed by atoms with Crippen LogP contribution in [0.2, 0.25) is 0 Å². The SMILES string of the molecule is O=C(NCCC1=CCCCC1)c1cnc2sc3c(n2c1=O)CCCCCC3. The molecule has 4 rings (SSSR count). The average Bonchev–Trinajstić information content (AvgIpc) is 3.00. The molecule has 0 fully saturated rings. The molecule has 0 bridgehead atoms. The summed E-state index contributed by atoms with van der Waals surface area (Å²) < 4.78 is 1.70. The van der Waals surface area contributed by atoms with Gasteiger partial charge in [-0.05, 0) is 57.8 Å². The molecule has 0 aliphatic heterocycles. The molecule has 0 saturated carbocycles. The van der Waals surface area contributed by atoms with Crippen LogP contribution in [0.3, 0.4) is 0 Å². The molecule has 2 aromatic heterocycles. The second kappa shape index (κ2) is 8.38. The number of nitrogens with one attached hydrogen (secondary N) is 1. The normalized spacial score (nSPS) is 17.7. The van der Waals surface area contributed by atoms with Crippen LogP contribution in [-0.4, -0.2) is 21.8 Å². The molecular weight excluding hydrogens is 358 g/mol. The van der Waals surface area contributed by atoms with Crippen LogP contribution in [-0.2, 0) is 12.8 Å². The van der Waals surface area contributed by atoms with Gasteiger partial charge in [-0.25, -0.2) is 4.98 Å². The number of carbonyl (C=O) groups excluding carboxylic acids is 1. The molecule has 0 atom stereocenters. The van der Waals surface area contributed by atoms with Gasteiger partial charge in [0.1, 0.15) is 5.56 Å². The minimum absolute atomic E-state index is 0.160. The minimum Gasteiger partial charge on any atom is -0.351 e. The highest BCUT2D eigenvalue weighted by Gasteiger charge is 2.20. The number of rotatable bonds is 4. The molecule has 6 heteroatoms. The maximum absolute atomic E-state index is 13.0. The summed E-state index contributed by atoms with van der Waals surface area (Å²) in [6, 6.07) is 0. The maximum Gasteiger partial charge on any atom is 0.271 e. The fraction of sp³-hybridized carbons (Fsp3) is 0.571. The molecule has 0 unspecified atom stereocenters. The number of carbonyl (C=O) groups is 1. The quantitative estimate of drug-likeness (QED) is 0.808. The van der Waals surface area contributed by atoms with Gasteiger partial charge in [-0.2, -0.15) is 0 Å². The van der Waals surface area contributed by atoms with Gasteiger partial charge < -0.3 is 5.32 Å². The van der Waals surface area contributed by atoms with Crippen molar-refractivity contribution in [3.05, 3.63) is 44.3 Å². The highest BCUT2D eigenvalue weighted by atomic mass is 32.1. The van der Waals surface area contributed by atoms with Gasteiger partial charge in [0, 0.05) is 23.3 Å². The Kier molecular flexibility index (Phi) is 5.72. The molecule has 0 aromatic carbocycles. The topological polar surface area (TPSA) is 63.5 Å². The van der Waals surface area contributed by atoms with E-state index in [1.807, 2.05) is 0 Å². The van der Waals surface area contributed by atoms with E-state index in [0.717, 1.165) is 55.6 Å². The number of amides is 1. The van der Waals surface area contributed by atoms with E-state index in [1.165, 1.54) is 42.3 Å². The molecular formula is C21H27N3O2S. The van der Waals surface area contributed by atoms with Crippen molar-refractivity contribution in [2.24, 2.45) is 0 Å². The monoisotopic (exact) mass is 385 g/mol. The first kappa shape index (κ1) is 18.4. The van der Waals surface area contributed by atoms with E-state index in [4.69, 9.17) is 0 Å². The van der Waals surface area contributed by atoms with Gasteiger partial charge in [-0.1, -0.05) is 24.5 Å². The molecule has 144 valence electrons. The lowest BCUT2D eigenvalue weighted by atomic mass is 9.97. The Morgan fingerprint density at radius 2 is 1.93 bits per heavy atom. The molecule has 2 aromatic rings. The summed E-state index contributed by atoms with van der Waals surface area (Å²) in [6.45, 7) is 0.578. The lowest BCUT2D eigenvalue weighted by molar-refractivity contribution is 0.0952. The predicted molar refractivity (Wildman–Crippen MR) is 109 cm³/mol. The van der Waals surface area contributed by atoms with Crippen LogP contribution in [0.1, 0.15) is 78.7 Å². The summed E-state index contributed by atoms with van der Waals surface area (Å²) in [5.74, 6) is -0.302. The van der Waals surface area contributed by atoms with E-state index in [9.17, 15) is 9.59 Å². The van der Waals surface area contributed by atoms with E-state index in [0.29, 0.717) is 6.54 Å². The number of fused-ring (bicyclic) bond motifs is 3. The summed E-state index contributed by atoms with van der Waals surface area (Å²) in [5, 5.41) is 2.92. The van der Waals surface area contributed by atoms with Crippen molar-refractivity contribution in [2.75, 3.05) is 6.54 Å². The summed E-state index contributed by atoms with van der Waals surface area (Å²) in [7, 11) is 0. The van der Waals surface area contributed by atoms with E-state index >= 15 is 0 Å². The first-order valence-electron chi connectivity index (χ1n) is 10.2.